The number of para-hydroxylation sites is 1. The van der Waals surface area contributed by atoms with Crippen molar-refractivity contribution in [1.29, 1.82) is 0 Å². The third kappa shape index (κ3) is 5.75. The second-order valence-electron chi connectivity index (χ2n) is 6.62. The highest BCUT2D eigenvalue weighted by Gasteiger charge is 2.13. The van der Waals surface area contributed by atoms with E-state index in [0.717, 1.165) is 29.7 Å². The van der Waals surface area contributed by atoms with Crippen LogP contribution < -0.4 is 10.1 Å². The van der Waals surface area contributed by atoms with Crippen LogP contribution in [0.25, 0.3) is 0 Å². The van der Waals surface area contributed by atoms with Crippen molar-refractivity contribution in [1.82, 2.24) is 19.9 Å². The van der Waals surface area contributed by atoms with Crippen LogP contribution >= 0.6 is 0 Å². The molecule has 0 radical (unpaired) electrons. The molecule has 0 atom stereocenters. The Morgan fingerprint density at radius 2 is 1.79 bits per heavy atom. The molecular weight excluding hydrogens is 366 g/mol. The Morgan fingerprint density at radius 3 is 2.52 bits per heavy atom. The minimum Gasteiger partial charge on any atom is -0.496 e. The van der Waals surface area contributed by atoms with Gasteiger partial charge in [0.1, 0.15) is 5.75 Å². The van der Waals surface area contributed by atoms with E-state index in [9.17, 15) is 4.79 Å². The summed E-state index contributed by atoms with van der Waals surface area (Å²) >= 11 is 0. The van der Waals surface area contributed by atoms with Crippen molar-refractivity contribution in [3.8, 4) is 5.75 Å². The maximum Gasteiger partial charge on any atom is 0.256 e. The summed E-state index contributed by atoms with van der Waals surface area (Å²) in [5.74, 6) is 1.27. The molecule has 7 heteroatoms. The largest absolute Gasteiger partial charge is 0.496 e. The van der Waals surface area contributed by atoms with Crippen LogP contribution in [0.15, 0.2) is 61.2 Å². The van der Waals surface area contributed by atoms with Gasteiger partial charge in [-0.3, -0.25) is 9.78 Å². The van der Waals surface area contributed by atoms with E-state index < -0.39 is 0 Å². The summed E-state index contributed by atoms with van der Waals surface area (Å²) in [6.45, 7) is 1.28. The van der Waals surface area contributed by atoms with E-state index in [-0.39, 0.29) is 5.91 Å². The van der Waals surface area contributed by atoms with E-state index >= 15 is 0 Å². The topological polar surface area (TPSA) is 80.2 Å². The van der Waals surface area contributed by atoms with Gasteiger partial charge in [0.25, 0.3) is 5.91 Å². The van der Waals surface area contributed by atoms with Crippen molar-refractivity contribution >= 4 is 11.9 Å². The van der Waals surface area contributed by atoms with Crippen molar-refractivity contribution in [3.63, 3.8) is 0 Å². The minimum absolute atomic E-state index is 0.0976. The number of benzene rings is 1. The predicted octanol–water partition coefficient (Wildman–Crippen LogP) is 2.85. The minimum atomic E-state index is -0.0976. The van der Waals surface area contributed by atoms with Gasteiger partial charge in [-0.05, 0) is 42.2 Å². The third-order valence-electron chi connectivity index (χ3n) is 4.60. The zero-order chi connectivity index (χ0) is 20.5. The van der Waals surface area contributed by atoms with Crippen LogP contribution in [-0.4, -0.2) is 53.0 Å². The number of anilines is 1. The van der Waals surface area contributed by atoms with Crippen LogP contribution in [0.4, 0.5) is 5.95 Å². The molecule has 7 nitrogen and oxygen atoms in total. The molecule has 0 aliphatic heterocycles. The average Bonchev–Trinajstić information content (AvgIpc) is 2.78. The number of ether oxygens (including phenoxy) is 1. The molecule has 150 valence electrons. The average molecular weight is 391 g/mol. The number of amides is 1. The number of hydrogen-bond donors (Lipinski definition) is 1. The standard InChI is InChI=1S/C22H25N5O2/c1-27(14-10-17-7-11-23-12-8-17)21(28)19-15-25-22(26-16-19)24-13-9-18-5-3-4-6-20(18)29-2/h3-8,11-12,15-16H,9-10,13-14H2,1-2H3,(H,24,25,26). The Hall–Kier alpha value is -3.48. The molecule has 0 spiro atoms. The molecule has 1 amide bonds. The van der Waals surface area contributed by atoms with Crippen molar-refractivity contribution in [3.05, 3.63) is 77.9 Å². The van der Waals surface area contributed by atoms with Gasteiger partial charge in [-0.1, -0.05) is 18.2 Å². The van der Waals surface area contributed by atoms with Gasteiger partial charge < -0.3 is 15.0 Å². The molecule has 2 aromatic heterocycles. The smallest absolute Gasteiger partial charge is 0.256 e. The van der Waals surface area contributed by atoms with Gasteiger partial charge in [0, 0.05) is 44.9 Å². The number of pyridine rings is 1. The zero-order valence-corrected chi connectivity index (χ0v) is 16.7. The molecule has 0 unspecified atom stereocenters. The molecule has 29 heavy (non-hydrogen) atoms. The summed E-state index contributed by atoms with van der Waals surface area (Å²) in [7, 11) is 3.45. The Kier molecular flexibility index (Phi) is 7.10. The molecule has 2 heterocycles. The second kappa shape index (κ2) is 10.2. The molecule has 0 saturated carbocycles. The van der Waals surface area contributed by atoms with Gasteiger partial charge in [-0.2, -0.15) is 0 Å². The summed E-state index contributed by atoms with van der Waals surface area (Å²) in [4.78, 5) is 26.8. The summed E-state index contributed by atoms with van der Waals surface area (Å²) in [5, 5.41) is 3.18. The monoisotopic (exact) mass is 391 g/mol. The SMILES string of the molecule is COc1ccccc1CCNc1ncc(C(=O)N(C)CCc2ccncc2)cn1. The highest BCUT2D eigenvalue weighted by atomic mass is 16.5. The number of hydrogen-bond acceptors (Lipinski definition) is 6. The lowest BCUT2D eigenvalue weighted by molar-refractivity contribution is 0.0796. The second-order valence-corrected chi connectivity index (χ2v) is 6.62. The highest BCUT2D eigenvalue weighted by molar-refractivity contribution is 5.93. The first-order chi connectivity index (χ1) is 14.2. The molecule has 0 aliphatic carbocycles. The van der Waals surface area contributed by atoms with Crippen molar-refractivity contribution < 1.29 is 9.53 Å². The Labute approximate surface area is 170 Å². The molecule has 3 aromatic rings. The summed E-state index contributed by atoms with van der Waals surface area (Å²) in [6, 6.07) is 11.8. The number of carbonyl (C=O) groups excluding carboxylic acids is 1. The van der Waals surface area contributed by atoms with E-state index in [1.54, 1.807) is 43.8 Å². The first-order valence-corrected chi connectivity index (χ1v) is 9.49. The van der Waals surface area contributed by atoms with Gasteiger partial charge in [0.15, 0.2) is 0 Å². The lowest BCUT2D eigenvalue weighted by Gasteiger charge is -2.17. The number of carbonyl (C=O) groups is 1. The summed E-state index contributed by atoms with van der Waals surface area (Å²) in [5.41, 5.74) is 2.73. The molecule has 1 aromatic carbocycles. The van der Waals surface area contributed by atoms with E-state index in [1.807, 2.05) is 36.4 Å². The molecule has 0 bridgehead atoms. The molecule has 3 rings (SSSR count). The van der Waals surface area contributed by atoms with Crippen LogP contribution in [0.5, 0.6) is 5.75 Å². The van der Waals surface area contributed by atoms with Crippen LogP contribution in [-0.2, 0) is 12.8 Å². The molecule has 0 fully saturated rings. The van der Waals surface area contributed by atoms with Crippen molar-refractivity contribution in [2.45, 2.75) is 12.8 Å². The van der Waals surface area contributed by atoms with E-state index in [0.29, 0.717) is 24.6 Å². The van der Waals surface area contributed by atoms with Crippen molar-refractivity contribution in [2.24, 2.45) is 0 Å². The Bertz CT molecular complexity index is 916. The van der Waals surface area contributed by atoms with Crippen molar-refractivity contribution in [2.75, 3.05) is 32.6 Å². The maximum absolute atomic E-state index is 12.5. The van der Waals surface area contributed by atoms with Gasteiger partial charge in [0.05, 0.1) is 12.7 Å². The van der Waals surface area contributed by atoms with E-state index in [4.69, 9.17) is 4.74 Å². The zero-order valence-electron chi connectivity index (χ0n) is 16.7. The van der Waals surface area contributed by atoms with Gasteiger partial charge >= 0.3 is 0 Å². The molecule has 0 saturated heterocycles. The first kappa shape index (κ1) is 20.3. The summed E-state index contributed by atoms with van der Waals surface area (Å²) in [6.07, 6.45) is 8.18. The Balaban J connectivity index is 1.49. The number of nitrogens with one attached hydrogen (secondary N) is 1. The summed E-state index contributed by atoms with van der Waals surface area (Å²) < 4.78 is 5.36. The number of nitrogens with zero attached hydrogens (tertiary/aromatic N) is 4. The third-order valence-corrected chi connectivity index (χ3v) is 4.60. The van der Waals surface area contributed by atoms with Gasteiger partial charge in [-0.25, -0.2) is 9.97 Å². The fraction of sp³-hybridized carbons (Fsp3) is 0.273. The number of methoxy groups -OCH3 is 1. The fourth-order valence-electron chi connectivity index (χ4n) is 2.92. The van der Waals surface area contributed by atoms with E-state index in [1.165, 1.54) is 0 Å². The number of likely N-dealkylation sites (N-methyl/N-ethyl adjacent to an activating group) is 1. The Morgan fingerprint density at radius 1 is 1.07 bits per heavy atom. The van der Waals surface area contributed by atoms with Crippen LogP contribution in [0, 0.1) is 0 Å². The normalized spacial score (nSPS) is 10.4. The lowest BCUT2D eigenvalue weighted by Crippen LogP contribution is -2.29. The van der Waals surface area contributed by atoms with Gasteiger partial charge in [-0.15, -0.1) is 0 Å². The molecule has 0 aliphatic rings. The first-order valence-electron chi connectivity index (χ1n) is 9.49. The molecular formula is C22H25N5O2. The lowest BCUT2D eigenvalue weighted by atomic mass is 10.1. The number of rotatable bonds is 9. The quantitative estimate of drug-likeness (QED) is 0.604. The van der Waals surface area contributed by atoms with Gasteiger partial charge in [0.2, 0.25) is 5.95 Å². The maximum atomic E-state index is 12.5. The van der Waals surface area contributed by atoms with Crippen LogP contribution in [0.1, 0.15) is 21.5 Å². The fourth-order valence-corrected chi connectivity index (χ4v) is 2.92. The molecule has 1 N–H and O–H groups in total. The highest BCUT2D eigenvalue weighted by Crippen LogP contribution is 2.17. The van der Waals surface area contributed by atoms with Crippen LogP contribution in [0.2, 0.25) is 0 Å². The predicted molar refractivity (Wildman–Crippen MR) is 112 cm³/mol. The van der Waals surface area contributed by atoms with E-state index in [2.05, 4.69) is 20.3 Å². The number of aromatic nitrogens is 3. The van der Waals surface area contributed by atoms with Crippen LogP contribution in [0.3, 0.4) is 0 Å².